The minimum Gasteiger partial charge on any atom is -0.496 e. The SMILES string of the molecule is COc1ccc(N(C)N(C(=O)O)C(C)C=O)cc1-c1cccc(C=O)c1. The van der Waals surface area contributed by atoms with Crippen molar-refractivity contribution in [2.75, 3.05) is 19.2 Å². The van der Waals surface area contributed by atoms with Crippen molar-refractivity contribution < 1.29 is 24.2 Å². The highest BCUT2D eigenvalue weighted by Crippen LogP contribution is 2.34. The van der Waals surface area contributed by atoms with Crippen LogP contribution in [0.2, 0.25) is 0 Å². The molecule has 0 saturated carbocycles. The number of carbonyl (C=O) groups excluding carboxylic acids is 2. The molecule has 136 valence electrons. The van der Waals surface area contributed by atoms with Crippen LogP contribution in [0.3, 0.4) is 0 Å². The maximum atomic E-state index is 11.5. The van der Waals surface area contributed by atoms with Crippen LogP contribution < -0.4 is 9.75 Å². The molecule has 2 aromatic carbocycles. The highest BCUT2D eigenvalue weighted by molar-refractivity contribution is 5.82. The van der Waals surface area contributed by atoms with Gasteiger partial charge in [-0.3, -0.25) is 9.80 Å². The molecule has 1 atom stereocenters. The van der Waals surface area contributed by atoms with Crippen LogP contribution in [0.5, 0.6) is 5.75 Å². The maximum absolute atomic E-state index is 11.5. The van der Waals surface area contributed by atoms with Crippen LogP contribution in [0.25, 0.3) is 11.1 Å². The minimum atomic E-state index is -1.24. The molecule has 1 unspecified atom stereocenters. The predicted molar refractivity (Wildman–Crippen MR) is 97.6 cm³/mol. The molecule has 7 heteroatoms. The van der Waals surface area contributed by atoms with Gasteiger partial charge < -0.3 is 14.6 Å². The van der Waals surface area contributed by atoms with Gasteiger partial charge in [0.25, 0.3) is 0 Å². The number of hydrogen-bond acceptors (Lipinski definition) is 5. The Kier molecular flexibility index (Phi) is 5.95. The van der Waals surface area contributed by atoms with Crippen LogP contribution in [-0.2, 0) is 4.79 Å². The van der Waals surface area contributed by atoms with Crippen LogP contribution in [-0.4, -0.2) is 49.0 Å². The number of ether oxygens (including phenoxy) is 1. The number of carbonyl (C=O) groups is 3. The largest absolute Gasteiger partial charge is 0.496 e. The van der Waals surface area contributed by atoms with Crippen LogP contribution in [0, 0.1) is 0 Å². The first-order chi connectivity index (χ1) is 12.4. The van der Waals surface area contributed by atoms with E-state index in [0.717, 1.165) is 16.9 Å². The van der Waals surface area contributed by atoms with Gasteiger partial charge in [-0.2, -0.15) is 0 Å². The molecule has 2 aromatic rings. The Bertz CT molecular complexity index is 821. The van der Waals surface area contributed by atoms with Gasteiger partial charge in [-0.1, -0.05) is 18.2 Å². The van der Waals surface area contributed by atoms with Gasteiger partial charge in [0, 0.05) is 18.2 Å². The van der Waals surface area contributed by atoms with Crippen LogP contribution in [0.15, 0.2) is 42.5 Å². The second-order valence-corrected chi connectivity index (χ2v) is 5.66. The molecule has 0 heterocycles. The van der Waals surface area contributed by atoms with E-state index in [1.54, 1.807) is 43.4 Å². The van der Waals surface area contributed by atoms with Gasteiger partial charge in [0.1, 0.15) is 24.4 Å². The highest BCUT2D eigenvalue weighted by atomic mass is 16.5. The summed E-state index contributed by atoms with van der Waals surface area (Å²) in [5.41, 5.74) is 2.52. The minimum absolute atomic E-state index is 0.519. The second-order valence-electron chi connectivity index (χ2n) is 5.66. The van der Waals surface area contributed by atoms with E-state index < -0.39 is 12.1 Å². The first-order valence-corrected chi connectivity index (χ1v) is 7.87. The first kappa shape index (κ1) is 19.0. The standard InChI is InChI=1S/C19H20N2O5/c1-13(11-22)21(19(24)25)20(2)16-7-8-18(26-3)17(10-16)15-6-4-5-14(9-15)12-23/h4-13H,1-3H3,(H,24,25). The van der Waals surface area contributed by atoms with E-state index in [4.69, 9.17) is 4.74 Å². The smallest absolute Gasteiger partial charge is 0.426 e. The van der Waals surface area contributed by atoms with E-state index in [9.17, 15) is 19.5 Å². The third-order valence-electron chi connectivity index (χ3n) is 3.99. The number of anilines is 1. The van der Waals surface area contributed by atoms with Gasteiger partial charge in [-0.15, -0.1) is 0 Å². The molecule has 0 aliphatic carbocycles. The van der Waals surface area contributed by atoms with E-state index in [2.05, 4.69) is 0 Å². The van der Waals surface area contributed by atoms with Crippen molar-refractivity contribution >= 4 is 24.4 Å². The summed E-state index contributed by atoms with van der Waals surface area (Å²) in [6.45, 7) is 1.50. The molecule has 0 aromatic heterocycles. The molecule has 2 rings (SSSR count). The molecule has 0 aliphatic heterocycles. The Labute approximate surface area is 151 Å². The Morgan fingerprint density at radius 2 is 1.92 bits per heavy atom. The summed E-state index contributed by atoms with van der Waals surface area (Å²) in [6, 6.07) is 11.3. The number of aldehydes is 2. The zero-order valence-corrected chi connectivity index (χ0v) is 14.7. The topological polar surface area (TPSA) is 87.2 Å². The lowest BCUT2D eigenvalue weighted by atomic mass is 10.0. The van der Waals surface area contributed by atoms with Gasteiger partial charge in [-0.25, -0.2) is 9.80 Å². The third-order valence-corrected chi connectivity index (χ3v) is 3.99. The lowest BCUT2D eigenvalue weighted by Gasteiger charge is -2.33. The molecule has 0 spiro atoms. The van der Waals surface area contributed by atoms with E-state index in [0.29, 0.717) is 28.8 Å². The van der Waals surface area contributed by atoms with Crippen LogP contribution in [0.1, 0.15) is 17.3 Å². The van der Waals surface area contributed by atoms with E-state index in [1.807, 2.05) is 6.07 Å². The number of methoxy groups -OCH3 is 1. The average molecular weight is 356 g/mol. The van der Waals surface area contributed by atoms with Crippen molar-refractivity contribution in [2.24, 2.45) is 0 Å². The zero-order valence-electron chi connectivity index (χ0n) is 14.7. The summed E-state index contributed by atoms with van der Waals surface area (Å²) < 4.78 is 5.39. The number of benzene rings is 2. The van der Waals surface area contributed by atoms with Crippen LogP contribution in [0.4, 0.5) is 10.5 Å². The Morgan fingerprint density at radius 3 is 2.50 bits per heavy atom. The normalized spacial score (nSPS) is 11.3. The Balaban J connectivity index is 2.53. The molecule has 0 fully saturated rings. The summed E-state index contributed by atoms with van der Waals surface area (Å²) in [5, 5.41) is 11.7. The number of rotatable bonds is 7. The summed E-state index contributed by atoms with van der Waals surface area (Å²) >= 11 is 0. The fourth-order valence-corrected chi connectivity index (χ4v) is 2.66. The van der Waals surface area contributed by atoms with Crippen molar-refractivity contribution in [2.45, 2.75) is 13.0 Å². The molecule has 7 nitrogen and oxygen atoms in total. The number of hydrazine groups is 1. The zero-order chi connectivity index (χ0) is 19.3. The predicted octanol–water partition coefficient (Wildman–Crippen LogP) is 3.09. The fourth-order valence-electron chi connectivity index (χ4n) is 2.66. The molecule has 1 N–H and O–H groups in total. The van der Waals surface area contributed by atoms with Gasteiger partial charge in [-0.05, 0) is 36.8 Å². The maximum Gasteiger partial charge on any atom is 0.426 e. The van der Waals surface area contributed by atoms with Gasteiger partial charge >= 0.3 is 6.09 Å². The van der Waals surface area contributed by atoms with E-state index >= 15 is 0 Å². The lowest BCUT2D eigenvalue weighted by molar-refractivity contribution is -0.111. The summed E-state index contributed by atoms with van der Waals surface area (Å²) in [6.07, 6.45) is 0.0689. The highest BCUT2D eigenvalue weighted by Gasteiger charge is 2.24. The van der Waals surface area contributed by atoms with E-state index in [-0.39, 0.29) is 0 Å². The molecular formula is C19H20N2O5. The fraction of sp³-hybridized carbons (Fsp3) is 0.211. The number of amides is 1. The number of carboxylic acid groups (broad SMARTS) is 1. The molecule has 26 heavy (non-hydrogen) atoms. The average Bonchev–Trinajstić information content (AvgIpc) is 2.67. The van der Waals surface area contributed by atoms with E-state index in [1.165, 1.54) is 19.0 Å². The van der Waals surface area contributed by atoms with Gasteiger partial charge in [0.2, 0.25) is 0 Å². The second kappa shape index (κ2) is 8.15. The summed E-state index contributed by atoms with van der Waals surface area (Å²) in [5.74, 6) is 0.579. The van der Waals surface area contributed by atoms with Crippen molar-refractivity contribution in [1.29, 1.82) is 0 Å². The molecule has 0 saturated heterocycles. The molecular weight excluding hydrogens is 336 g/mol. The molecule has 0 radical (unpaired) electrons. The van der Waals surface area contributed by atoms with Crippen molar-refractivity contribution in [1.82, 2.24) is 5.01 Å². The monoisotopic (exact) mass is 356 g/mol. The lowest BCUT2D eigenvalue weighted by Crippen LogP contribution is -2.49. The van der Waals surface area contributed by atoms with Gasteiger partial charge in [0.15, 0.2) is 0 Å². The quantitative estimate of drug-likeness (QED) is 0.606. The first-order valence-electron chi connectivity index (χ1n) is 7.87. The molecule has 0 aliphatic rings. The van der Waals surface area contributed by atoms with Gasteiger partial charge in [0.05, 0.1) is 12.8 Å². The number of nitrogens with zero attached hydrogens (tertiary/aromatic N) is 2. The van der Waals surface area contributed by atoms with Crippen molar-refractivity contribution in [3.8, 4) is 16.9 Å². The van der Waals surface area contributed by atoms with Crippen molar-refractivity contribution in [3.63, 3.8) is 0 Å². The summed E-state index contributed by atoms with van der Waals surface area (Å²) in [4.78, 5) is 33.6. The van der Waals surface area contributed by atoms with Crippen molar-refractivity contribution in [3.05, 3.63) is 48.0 Å². The van der Waals surface area contributed by atoms with Crippen LogP contribution >= 0.6 is 0 Å². The Hall–Kier alpha value is -3.35. The summed E-state index contributed by atoms with van der Waals surface area (Å²) in [7, 11) is 3.09. The Morgan fingerprint density at radius 1 is 1.19 bits per heavy atom. The molecule has 0 bridgehead atoms. The number of hydrogen-bond donors (Lipinski definition) is 1. The molecule has 1 amide bonds. The third kappa shape index (κ3) is 3.83.